The minimum atomic E-state index is -1.44. The first-order valence-corrected chi connectivity index (χ1v) is 3.57. The highest BCUT2D eigenvalue weighted by Gasteiger charge is 2.21. The topological polar surface area (TPSA) is 9.23 Å². The van der Waals surface area contributed by atoms with Gasteiger partial charge in [0, 0.05) is 0 Å². The van der Waals surface area contributed by atoms with E-state index in [1.807, 2.05) is 0 Å². The monoisotopic (exact) mass is 200 g/mol. The van der Waals surface area contributed by atoms with E-state index in [2.05, 4.69) is 11.3 Å². The summed E-state index contributed by atoms with van der Waals surface area (Å²) in [5.41, 5.74) is 0.374. The number of hydrogen-bond donors (Lipinski definition) is 0. The van der Waals surface area contributed by atoms with Crippen LogP contribution in [-0.2, 0) is 4.74 Å². The molecule has 0 bridgehead atoms. The van der Waals surface area contributed by atoms with E-state index in [9.17, 15) is 0 Å². The van der Waals surface area contributed by atoms with Gasteiger partial charge in [0.2, 0.25) is 3.79 Å². The Balaban J connectivity index is 3.98. The van der Waals surface area contributed by atoms with Gasteiger partial charge in [-0.1, -0.05) is 41.4 Å². The second-order valence-corrected chi connectivity index (χ2v) is 3.84. The first-order chi connectivity index (χ1) is 4.48. The first-order valence-electron chi connectivity index (χ1n) is 2.44. The van der Waals surface area contributed by atoms with Crippen LogP contribution in [0.3, 0.4) is 0 Å². The smallest absolute Gasteiger partial charge is 0.215 e. The highest BCUT2D eigenvalue weighted by molar-refractivity contribution is 6.69. The minimum Gasteiger partial charge on any atom is -0.504 e. The lowest BCUT2D eigenvalue weighted by atomic mass is 10.3. The molecule has 0 heterocycles. The van der Waals surface area contributed by atoms with Gasteiger partial charge in [0.15, 0.2) is 0 Å². The number of hydrogen-bond acceptors (Lipinski definition) is 1. The van der Waals surface area contributed by atoms with Gasteiger partial charge in [-0.2, -0.15) is 0 Å². The zero-order valence-corrected chi connectivity index (χ0v) is 7.67. The second kappa shape index (κ2) is 4.12. The molecule has 10 heavy (non-hydrogen) atoms. The number of alkyl halides is 3. The van der Waals surface area contributed by atoms with Gasteiger partial charge >= 0.3 is 0 Å². The van der Waals surface area contributed by atoms with Crippen LogP contribution in [0.4, 0.5) is 0 Å². The Morgan fingerprint density at radius 3 is 2.30 bits per heavy atom. The average Bonchev–Trinajstić information content (AvgIpc) is 1.80. The molecule has 0 aromatic heterocycles. The van der Waals surface area contributed by atoms with E-state index in [1.165, 1.54) is 19.4 Å². The summed E-state index contributed by atoms with van der Waals surface area (Å²) in [5.74, 6) is 0. The standard InChI is InChI=1S/C6H7Cl3O/c1-5(3-4-10-2)6(7,8)9/h3-4H,1H2,2H3. The molecule has 0 fully saturated rings. The molecule has 0 saturated heterocycles. The van der Waals surface area contributed by atoms with Crippen molar-refractivity contribution in [3.8, 4) is 0 Å². The fourth-order valence-electron chi connectivity index (χ4n) is 0.245. The molecule has 0 aliphatic heterocycles. The van der Waals surface area contributed by atoms with Crippen LogP contribution < -0.4 is 0 Å². The number of rotatable bonds is 2. The molecule has 0 aromatic carbocycles. The molecule has 1 nitrogen and oxygen atoms in total. The fraction of sp³-hybridized carbons (Fsp3) is 0.333. The third-order valence-corrected chi connectivity index (χ3v) is 1.50. The molecule has 0 saturated carbocycles. The van der Waals surface area contributed by atoms with Gasteiger partial charge in [0.05, 0.1) is 13.4 Å². The highest BCUT2D eigenvalue weighted by Crippen LogP contribution is 2.33. The largest absolute Gasteiger partial charge is 0.504 e. The van der Waals surface area contributed by atoms with Gasteiger partial charge < -0.3 is 4.74 Å². The predicted molar refractivity (Wildman–Crippen MR) is 45.6 cm³/mol. The van der Waals surface area contributed by atoms with Crippen molar-refractivity contribution in [1.29, 1.82) is 0 Å². The first kappa shape index (κ1) is 10.2. The van der Waals surface area contributed by atoms with E-state index in [0.29, 0.717) is 5.57 Å². The molecule has 58 valence electrons. The van der Waals surface area contributed by atoms with E-state index < -0.39 is 3.79 Å². The van der Waals surface area contributed by atoms with Gasteiger partial charge in [-0.05, 0) is 11.6 Å². The molecule has 0 radical (unpaired) electrons. The normalized spacial score (nSPS) is 12.0. The molecule has 0 unspecified atom stereocenters. The summed E-state index contributed by atoms with van der Waals surface area (Å²) in [6.07, 6.45) is 2.89. The molecule has 0 N–H and O–H groups in total. The number of halogens is 3. The van der Waals surface area contributed by atoms with Crippen LogP contribution in [0.5, 0.6) is 0 Å². The van der Waals surface area contributed by atoms with Gasteiger partial charge in [-0.15, -0.1) is 0 Å². The van der Waals surface area contributed by atoms with E-state index in [4.69, 9.17) is 34.8 Å². The Morgan fingerprint density at radius 2 is 2.00 bits per heavy atom. The van der Waals surface area contributed by atoms with E-state index in [0.717, 1.165) is 0 Å². The third-order valence-electron chi connectivity index (χ3n) is 0.769. The maximum absolute atomic E-state index is 5.44. The summed E-state index contributed by atoms with van der Waals surface area (Å²) < 4.78 is 3.15. The molecule has 0 aromatic rings. The maximum Gasteiger partial charge on any atom is 0.215 e. The van der Waals surface area contributed by atoms with Crippen LogP contribution in [0.25, 0.3) is 0 Å². The summed E-state index contributed by atoms with van der Waals surface area (Å²) in [5, 5.41) is 0. The van der Waals surface area contributed by atoms with Gasteiger partial charge in [-0.3, -0.25) is 0 Å². The zero-order chi connectivity index (χ0) is 8.20. The summed E-state index contributed by atoms with van der Waals surface area (Å²) in [7, 11) is 1.50. The molecule has 0 rings (SSSR count). The van der Waals surface area contributed by atoms with E-state index >= 15 is 0 Å². The fourth-order valence-corrected chi connectivity index (χ4v) is 0.434. The van der Waals surface area contributed by atoms with Crippen molar-refractivity contribution in [1.82, 2.24) is 0 Å². The number of ether oxygens (including phenoxy) is 1. The Kier molecular flexibility index (Phi) is 4.18. The maximum atomic E-state index is 5.44. The molecule has 0 atom stereocenters. The molecule has 0 spiro atoms. The SMILES string of the molecule is C=C(C=COC)C(Cl)(Cl)Cl. The van der Waals surface area contributed by atoms with Crippen molar-refractivity contribution in [2.45, 2.75) is 3.79 Å². The molecular formula is C6H7Cl3O. The van der Waals surface area contributed by atoms with Gasteiger partial charge in [-0.25, -0.2) is 0 Å². The van der Waals surface area contributed by atoms with Crippen LogP contribution in [-0.4, -0.2) is 10.9 Å². The predicted octanol–water partition coefficient (Wildman–Crippen LogP) is 3.07. The van der Waals surface area contributed by atoms with Crippen LogP contribution in [0, 0.1) is 0 Å². The molecular weight excluding hydrogens is 194 g/mol. The average molecular weight is 201 g/mol. The van der Waals surface area contributed by atoms with Crippen LogP contribution >= 0.6 is 34.8 Å². The van der Waals surface area contributed by atoms with Gasteiger partial charge in [0.1, 0.15) is 0 Å². The molecule has 4 heteroatoms. The van der Waals surface area contributed by atoms with Crippen LogP contribution in [0.15, 0.2) is 24.5 Å². The van der Waals surface area contributed by atoms with Crippen molar-refractivity contribution in [3.05, 3.63) is 24.5 Å². The Morgan fingerprint density at radius 1 is 1.50 bits per heavy atom. The van der Waals surface area contributed by atoms with Gasteiger partial charge in [0.25, 0.3) is 0 Å². The minimum absolute atomic E-state index is 0.374. The van der Waals surface area contributed by atoms with Crippen molar-refractivity contribution in [2.24, 2.45) is 0 Å². The van der Waals surface area contributed by atoms with Crippen molar-refractivity contribution in [3.63, 3.8) is 0 Å². The lowest BCUT2D eigenvalue weighted by Gasteiger charge is -2.09. The summed E-state index contributed by atoms with van der Waals surface area (Å²) in [6.45, 7) is 3.50. The van der Waals surface area contributed by atoms with Crippen LogP contribution in [0.2, 0.25) is 0 Å². The zero-order valence-electron chi connectivity index (χ0n) is 5.40. The van der Waals surface area contributed by atoms with Crippen molar-refractivity contribution >= 4 is 34.8 Å². The lowest BCUT2D eigenvalue weighted by Crippen LogP contribution is -2.02. The van der Waals surface area contributed by atoms with Crippen molar-refractivity contribution in [2.75, 3.05) is 7.11 Å². The van der Waals surface area contributed by atoms with Crippen LogP contribution in [0.1, 0.15) is 0 Å². The highest BCUT2D eigenvalue weighted by atomic mass is 35.6. The van der Waals surface area contributed by atoms with E-state index in [-0.39, 0.29) is 0 Å². The Labute approximate surface area is 75.2 Å². The Bertz CT molecular complexity index is 146. The molecule has 0 amide bonds. The third kappa shape index (κ3) is 4.04. The summed E-state index contributed by atoms with van der Waals surface area (Å²) in [4.78, 5) is 0. The quantitative estimate of drug-likeness (QED) is 0.379. The summed E-state index contributed by atoms with van der Waals surface area (Å²) >= 11 is 16.3. The lowest BCUT2D eigenvalue weighted by molar-refractivity contribution is 0.338. The molecule has 0 aliphatic rings. The second-order valence-electron chi connectivity index (χ2n) is 1.56. The number of allylic oxidation sites excluding steroid dienone is 2. The summed E-state index contributed by atoms with van der Waals surface area (Å²) in [6, 6.07) is 0. The Hall–Kier alpha value is 0.150. The van der Waals surface area contributed by atoms with E-state index in [1.54, 1.807) is 0 Å². The molecule has 0 aliphatic carbocycles. The number of methoxy groups -OCH3 is 1. The van der Waals surface area contributed by atoms with Crippen molar-refractivity contribution < 1.29 is 4.74 Å².